The highest BCUT2D eigenvalue weighted by atomic mass is 16.5. The molecule has 2 aromatic rings. The van der Waals surface area contributed by atoms with Gasteiger partial charge in [-0.2, -0.15) is 15.0 Å². The van der Waals surface area contributed by atoms with Gasteiger partial charge in [0.05, 0.1) is 12.3 Å². The molecule has 1 saturated carbocycles. The fraction of sp³-hybridized carbons (Fsp3) is 0.583. The summed E-state index contributed by atoms with van der Waals surface area (Å²) in [4.78, 5) is 44.3. The number of hydrogen-bond acceptors (Lipinski definition) is 10. The van der Waals surface area contributed by atoms with Gasteiger partial charge in [-0.15, -0.1) is 0 Å². The van der Waals surface area contributed by atoms with E-state index in [1.165, 1.54) is 6.42 Å². The number of anilines is 2. The average molecular weight is 484 g/mol. The van der Waals surface area contributed by atoms with E-state index in [4.69, 9.17) is 20.9 Å². The molecule has 11 heteroatoms. The largest absolute Gasteiger partial charge is 0.458 e. The molecule has 3 heterocycles. The molecule has 2 aliphatic rings. The molecule has 188 valence electrons. The lowest BCUT2D eigenvalue weighted by Gasteiger charge is -2.32. The number of hydrogen-bond donors (Lipinski definition) is 2. The third-order valence-electron chi connectivity index (χ3n) is 6.64. The van der Waals surface area contributed by atoms with Crippen molar-refractivity contribution in [2.24, 2.45) is 11.7 Å². The van der Waals surface area contributed by atoms with E-state index < -0.39 is 5.91 Å². The van der Waals surface area contributed by atoms with E-state index in [2.05, 4.69) is 19.9 Å². The molecule has 0 bridgehead atoms. The number of amides is 1. The normalized spacial score (nSPS) is 17.6. The van der Waals surface area contributed by atoms with Gasteiger partial charge >= 0.3 is 6.01 Å². The average Bonchev–Trinajstić information content (AvgIpc) is 2.81. The summed E-state index contributed by atoms with van der Waals surface area (Å²) in [5.74, 6) is 0.411. The summed E-state index contributed by atoms with van der Waals surface area (Å²) in [6, 6.07) is 3.64. The van der Waals surface area contributed by atoms with Gasteiger partial charge in [0.2, 0.25) is 17.6 Å². The number of rotatable bonds is 10. The molecule has 2 fully saturated rings. The van der Waals surface area contributed by atoms with E-state index in [1.54, 1.807) is 13.2 Å². The summed E-state index contributed by atoms with van der Waals surface area (Å²) in [6.45, 7) is 3.53. The molecule has 1 saturated heterocycles. The van der Waals surface area contributed by atoms with Gasteiger partial charge in [-0.1, -0.05) is 6.42 Å². The molecule has 0 spiro atoms. The third-order valence-corrected chi connectivity index (χ3v) is 6.64. The van der Waals surface area contributed by atoms with E-state index in [0.717, 1.165) is 31.4 Å². The van der Waals surface area contributed by atoms with Gasteiger partial charge in [-0.3, -0.25) is 9.59 Å². The van der Waals surface area contributed by atoms with Crippen molar-refractivity contribution in [2.75, 3.05) is 37.4 Å². The second kappa shape index (κ2) is 10.9. The minimum absolute atomic E-state index is 0.0810. The summed E-state index contributed by atoms with van der Waals surface area (Å²) in [5, 5.41) is 0. The Kier molecular flexibility index (Phi) is 7.74. The number of pyridine rings is 1. The van der Waals surface area contributed by atoms with Crippen molar-refractivity contribution in [3.05, 3.63) is 29.3 Å². The van der Waals surface area contributed by atoms with Gasteiger partial charge < -0.3 is 25.8 Å². The number of primary amides is 1. The first-order valence-corrected chi connectivity index (χ1v) is 12.1. The number of nitrogens with two attached hydrogens (primary N) is 2. The summed E-state index contributed by atoms with van der Waals surface area (Å²) >= 11 is 0. The van der Waals surface area contributed by atoms with Crippen LogP contribution in [0.1, 0.15) is 78.2 Å². The van der Waals surface area contributed by atoms with Crippen LogP contribution >= 0.6 is 0 Å². The molecule has 0 unspecified atom stereocenters. The van der Waals surface area contributed by atoms with Gasteiger partial charge in [-0.25, -0.2) is 4.98 Å². The Morgan fingerprint density at radius 3 is 2.49 bits per heavy atom. The highest BCUT2D eigenvalue weighted by molar-refractivity contribution is 5.95. The molecule has 4 N–H and O–H groups in total. The maximum atomic E-state index is 12.9. The lowest BCUT2D eigenvalue weighted by atomic mass is 9.82. The molecule has 35 heavy (non-hydrogen) atoms. The van der Waals surface area contributed by atoms with Crippen LogP contribution in [0.25, 0.3) is 0 Å². The molecule has 0 aromatic carbocycles. The molecule has 1 atom stereocenters. The first kappa shape index (κ1) is 24.8. The lowest BCUT2D eigenvalue weighted by molar-refractivity contribution is 0.0836. The molecular formula is C24H33N7O4. The van der Waals surface area contributed by atoms with Crippen LogP contribution in [0.4, 0.5) is 11.6 Å². The van der Waals surface area contributed by atoms with Crippen LogP contribution < -0.4 is 21.1 Å². The molecule has 1 amide bonds. The Morgan fingerprint density at radius 2 is 1.86 bits per heavy atom. The summed E-state index contributed by atoms with van der Waals surface area (Å²) in [6.07, 6.45) is 5.02. The summed E-state index contributed by atoms with van der Waals surface area (Å²) < 4.78 is 11.0. The zero-order valence-corrected chi connectivity index (χ0v) is 20.3. The number of aromatic nitrogens is 4. The zero-order chi connectivity index (χ0) is 24.9. The van der Waals surface area contributed by atoms with E-state index in [0.29, 0.717) is 38.0 Å². The van der Waals surface area contributed by atoms with Gasteiger partial charge in [0.25, 0.3) is 5.91 Å². The number of ether oxygens (including phenoxy) is 2. The number of ketones is 1. The molecule has 0 radical (unpaired) electrons. The predicted octanol–water partition coefficient (Wildman–Crippen LogP) is 2.12. The first-order valence-electron chi connectivity index (χ1n) is 12.1. The van der Waals surface area contributed by atoms with Crippen LogP contribution in [-0.2, 0) is 4.74 Å². The number of Topliss-reactive ketones (excluding diaryl/α,β-unsaturated/α-hetero) is 1. The topological polar surface area (TPSA) is 159 Å². The maximum Gasteiger partial charge on any atom is 0.322 e. The Morgan fingerprint density at radius 1 is 1.11 bits per heavy atom. The van der Waals surface area contributed by atoms with Crippen molar-refractivity contribution >= 4 is 23.3 Å². The van der Waals surface area contributed by atoms with Crippen LogP contribution in [0.15, 0.2) is 12.1 Å². The van der Waals surface area contributed by atoms with Crippen molar-refractivity contribution in [3.8, 4) is 6.01 Å². The quantitative estimate of drug-likeness (QED) is 0.479. The molecular weight excluding hydrogens is 450 g/mol. The number of nitrogen functional groups attached to an aromatic ring is 1. The van der Waals surface area contributed by atoms with E-state index in [9.17, 15) is 9.59 Å². The van der Waals surface area contributed by atoms with Gasteiger partial charge in [0.15, 0.2) is 5.69 Å². The lowest BCUT2D eigenvalue weighted by Crippen LogP contribution is -2.35. The zero-order valence-electron chi connectivity index (χ0n) is 20.3. The highest BCUT2D eigenvalue weighted by Crippen LogP contribution is 2.32. The highest BCUT2D eigenvalue weighted by Gasteiger charge is 2.28. The van der Waals surface area contributed by atoms with Crippen LogP contribution in [0.3, 0.4) is 0 Å². The number of nitrogens with zero attached hydrogens (tertiary/aromatic N) is 5. The number of methoxy groups -OCH3 is 1. The minimum atomic E-state index is -0.638. The van der Waals surface area contributed by atoms with Crippen LogP contribution in [-0.4, -0.2) is 64.5 Å². The maximum absolute atomic E-state index is 12.9. The number of piperidine rings is 1. The summed E-state index contributed by atoms with van der Waals surface area (Å²) in [5.41, 5.74) is 12.4. The number of carbonyl (C=O) groups is 2. The monoisotopic (exact) mass is 483 g/mol. The fourth-order valence-corrected chi connectivity index (χ4v) is 4.45. The van der Waals surface area contributed by atoms with Crippen LogP contribution in [0.5, 0.6) is 6.01 Å². The molecule has 2 aromatic heterocycles. The Bertz CT molecular complexity index is 1070. The fourth-order valence-electron chi connectivity index (χ4n) is 4.45. The van der Waals surface area contributed by atoms with E-state index >= 15 is 0 Å². The van der Waals surface area contributed by atoms with E-state index in [1.807, 2.05) is 17.9 Å². The number of carbonyl (C=O) groups excluding carboxylic acids is 2. The van der Waals surface area contributed by atoms with Gasteiger partial charge in [-0.05, 0) is 50.7 Å². The molecule has 4 rings (SSSR count). The van der Waals surface area contributed by atoms with Crippen molar-refractivity contribution in [2.45, 2.75) is 57.5 Å². The van der Waals surface area contributed by atoms with Gasteiger partial charge in [0.1, 0.15) is 6.10 Å². The molecule has 11 nitrogen and oxygen atoms in total. The second-order valence-corrected chi connectivity index (χ2v) is 9.35. The SMILES string of the molecule is COC[C@@H](C)Oc1nc(C(=O)CC2CCC2)nc(N2CCC(c3ccc(N)c(C(N)=O)n3)CC2)n1. The molecule has 1 aliphatic heterocycles. The Labute approximate surface area is 204 Å². The summed E-state index contributed by atoms with van der Waals surface area (Å²) in [7, 11) is 1.60. The Balaban J connectivity index is 1.50. The van der Waals surface area contributed by atoms with Crippen LogP contribution in [0.2, 0.25) is 0 Å². The van der Waals surface area contributed by atoms with Crippen LogP contribution in [0, 0.1) is 5.92 Å². The van der Waals surface area contributed by atoms with Crippen molar-refractivity contribution < 1.29 is 19.1 Å². The third kappa shape index (κ3) is 6.02. The standard InChI is InChI=1S/C24H33N7O4/c1-14(13-34-2)35-24-29-22(19(32)12-15-4-3-5-15)28-23(30-24)31-10-8-16(9-11-31)18-7-6-17(25)20(27-18)21(26)33/h6-7,14-16H,3-5,8-13,25H2,1-2H3,(H2,26,33)/t14-/m1/s1. The van der Waals surface area contributed by atoms with Crippen molar-refractivity contribution in [1.82, 2.24) is 19.9 Å². The smallest absolute Gasteiger partial charge is 0.322 e. The van der Waals surface area contributed by atoms with Crippen molar-refractivity contribution in [3.63, 3.8) is 0 Å². The van der Waals surface area contributed by atoms with Crippen molar-refractivity contribution in [1.29, 1.82) is 0 Å². The second-order valence-electron chi connectivity index (χ2n) is 9.35. The Hall–Kier alpha value is -3.34. The predicted molar refractivity (Wildman–Crippen MR) is 129 cm³/mol. The minimum Gasteiger partial charge on any atom is -0.458 e. The van der Waals surface area contributed by atoms with E-state index in [-0.39, 0.29) is 41.0 Å². The first-order chi connectivity index (χ1) is 16.8. The van der Waals surface area contributed by atoms with Gasteiger partial charge in [0, 0.05) is 38.2 Å². The molecule has 1 aliphatic carbocycles.